The number of piperidine rings is 1. The fourth-order valence-electron chi connectivity index (χ4n) is 3.30. The third kappa shape index (κ3) is 3.90. The van der Waals surface area contributed by atoms with Gasteiger partial charge in [0.2, 0.25) is 0 Å². The molecule has 2 N–H and O–H groups in total. The van der Waals surface area contributed by atoms with Crippen molar-refractivity contribution in [1.82, 2.24) is 20.4 Å². The van der Waals surface area contributed by atoms with Crippen molar-refractivity contribution in [2.45, 2.75) is 32.2 Å². The van der Waals surface area contributed by atoms with E-state index < -0.39 is 0 Å². The van der Waals surface area contributed by atoms with Crippen LogP contribution >= 0.6 is 0 Å². The first kappa shape index (κ1) is 16.8. The zero-order chi connectivity index (χ0) is 16.9. The summed E-state index contributed by atoms with van der Waals surface area (Å²) in [6, 6.07) is 3.75. The minimum absolute atomic E-state index is 0.0695. The molecule has 3 heterocycles. The van der Waals surface area contributed by atoms with Gasteiger partial charge in [-0.15, -0.1) is 0 Å². The Kier molecular flexibility index (Phi) is 5.40. The van der Waals surface area contributed by atoms with Crippen LogP contribution in [0.15, 0.2) is 16.5 Å². The van der Waals surface area contributed by atoms with Crippen LogP contribution in [0.5, 0.6) is 0 Å². The van der Waals surface area contributed by atoms with Gasteiger partial charge in [0.1, 0.15) is 5.76 Å². The van der Waals surface area contributed by atoms with E-state index in [1.54, 1.807) is 11.0 Å². The first-order valence-corrected chi connectivity index (χ1v) is 8.80. The van der Waals surface area contributed by atoms with Crippen molar-refractivity contribution in [3.8, 4) is 0 Å². The van der Waals surface area contributed by atoms with E-state index in [4.69, 9.17) is 4.42 Å². The predicted molar refractivity (Wildman–Crippen MR) is 89.9 cm³/mol. The van der Waals surface area contributed by atoms with E-state index in [9.17, 15) is 9.59 Å². The minimum atomic E-state index is -0.230. The van der Waals surface area contributed by atoms with Crippen molar-refractivity contribution >= 4 is 11.9 Å². The fourth-order valence-corrected chi connectivity index (χ4v) is 3.30. The molecular weight excluding hydrogens is 308 g/mol. The van der Waals surface area contributed by atoms with Crippen molar-refractivity contribution in [3.05, 3.63) is 23.7 Å². The maximum Gasteiger partial charge on any atom is 0.317 e. The normalized spacial score (nSPS) is 20.0. The molecule has 0 spiro atoms. The Hall–Kier alpha value is -2.02. The SMILES string of the molecule is CC(c1ccc(C(=O)NCCN2CCNC2=O)o1)N1CCCCC1. The number of carbonyl (C=O) groups is 2. The van der Waals surface area contributed by atoms with Crippen LogP contribution in [-0.2, 0) is 0 Å². The lowest BCUT2D eigenvalue weighted by atomic mass is 10.1. The van der Waals surface area contributed by atoms with Crippen molar-refractivity contribution < 1.29 is 14.0 Å². The maximum atomic E-state index is 12.2. The first-order valence-electron chi connectivity index (χ1n) is 8.80. The second-order valence-electron chi connectivity index (χ2n) is 6.45. The molecule has 2 fully saturated rings. The molecule has 7 nitrogen and oxygen atoms in total. The second-order valence-corrected chi connectivity index (χ2v) is 6.45. The van der Waals surface area contributed by atoms with Gasteiger partial charge < -0.3 is 20.0 Å². The van der Waals surface area contributed by atoms with Crippen LogP contribution in [0.1, 0.15) is 48.5 Å². The largest absolute Gasteiger partial charge is 0.454 e. The Labute approximate surface area is 142 Å². The van der Waals surface area contributed by atoms with E-state index in [2.05, 4.69) is 22.5 Å². The molecule has 3 rings (SSSR count). The van der Waals surface area contributed by atoms with Crippen LogP contribution in [0.2, 0.25) is 0 Å². The van der Waals surface area contributed by atoms with E-state index >= 15 is 0 Å². The van der Waals surface area contributed by atoms with Crippen LogP contribution in [0.25, 0.3) is 0 Å². The molecule has 3 amide bonds. The summed E-state index contributed by atoms with van der Waals surface area (Å²) in [6.07, 6.45) is 3.75. The predicted octanol–water partition coefficient (Wildman–Crippen LogP) is 1.58. The van der Waals surface area contributed by atoms with Crippen LogP contribution in [0.4, 0.5) is 4.79 Å². The van der Waals surface area contributed by atoms with Gasteiger partial charge in [-0.1, -0.05) is 6.42 Å². The summed E-state index contributed by atoms with van der Waals surface area (Å²) in [5, 5.41) is 5.55. The number of hydrogen-bond acceptors (Lipinski definition) is 4. The molecule has 2 aliphatic rings. The lowest BCUT2D eigenvalue weighted by molar-refractivity contribution is 0.0913. The maximum absolute atomic E-state index is 12.2. The van der Waals surface area contributed by atoms with Crippen molar-refractivity contribution in [2.75, 3.05) is 39.3 Å². The highest BCUT2D eigenvalue weighted by Crippen LogP contribution is 2.25. The summed E-state index contributed by atoms with van der Waals surface area (Å²) in [5.41, 5.74) is 0. The van der Waals surface area contributed by atoms with E-state index in [0.717, 1.165) is 18.8 Å². The number of likely N-dealkylation sites (tertiary alicyclic amines) is 1. The van der Waals surface area contributed by atoms with Gasteiger partial charge in [0.15, 0.2) is 5.76 Å². The van der Waals surface area contributed by atoms with Gasteiger partial charge >= 0.3 is 6.03 Å². The number of carbonyl (C=O) groups excluding carboxylic acids is 2. The Bertz CT molecular complexity index is 580. The first-order chi connectivity index (χ1) is 11.6. The number of amides is 3. The van der Waals surface area contributed by atoms with E-state index in [-0.39, 0.29) is 18.0 Å². The number of hydrogen-bond donors (Lipinski definition) is 2. The lowest BCUT2D eigenvalue weighted by Gasteiger charge is -2.31. The van der Waals surface area contributed by atoms with Gasteiger partial charge in [-0.25, -0.2) is 4.79 Å². The average molecular weight is 334 g/mol. The minimum Gasteiger partial charge on any atom is -0.454 e. The molecule has 2 saturated heterocycles. The molecule has 24 heavy (non-hydrogen) atoms. The standard InChI is InChI=1S/C17H26N4O3/c1-13(20-9-3-2-4-10-20)14-5-6-15(24-14)16(22)18-7-11-21-12-8-19-17(21)23/h5-6,13H,2-4,7-12H2,1H3,(H,18,22)(H,19,23). The van der Waals surface area contributed by atoms with Crippen LogP contribution < -0.4 is 10.6 Å². The highest BCUT2D eigenvalue weighted by Gasteiger charge is 2.22. The van der Waals surface area contributed by atoms with Gasteiger partial charge in [-0.2, -0.15) is 0 Å². The molecule has 1 aromatic rings. The Balaban J connectivity index is 1.48. The van der Waals surface area contributed by atoms with Crippen molar-refractivity contribution in [3.63, 3.8) is 0 Å². The third-order valence-electron chi connectivity index (χ3n) is 4.81. The van der Waals surface area contributed by atoms with E-state index in [0.29, 0.717) is 31.9 Å². The quantitative estimate of drug-likeness (QED) is 0.828. The number of nitrogens with one attached hydrogen (secondary N) is 2. The van der Waals surface area contributed by atoms with Crippen molar-refractivity contribution in [1.29, 1.82) is 0 Å². The van der Waals surface area contributed by atoms with Crippen LogP contribution in [0, 0.1) is 0 Å². The molecule has 0 radical (unpaired) electrons. The third-order valence-corrected chi connectivity index (χ3v) is 4.81. The molecule has 2 aliphatic heterocycles. The van der Waals surface area contributed by atoms with Crippen LogP contribution in [-0.4, -0.2) is 61.0 Å². The molecule has 0 aromatic carbocycles. The molecule has 0 bridgehead atoms. The zero-order valence-electron chi connectivity index (χ0n) is 14.2. The Morgan fingerprint density at radius 3 is 2.79 bits per heavy atom. The van der Waals surface area contributed by atoms with Crippen molar-refractivity contribution in [2.24, 2.45) is 0 Å². The summed E-state index contributed by atoms with van der Waals surface area (Å²) < 4.78 is 5.76. The van der Waals surface area contributed by atoms with E-state index in [1.807, 2.05) is 6.07 Å². The molecule has 1 aromatic heterocycles. The number of urea groups is 1. The molecule has 1 unspecified atom stereocenters. The van der Waals surface area contributed by atoms with Gasteiger partial charge in [-0.3, -0.25) is 9.69 Å². The van der Waals surface area contributed by atoms with E-state index in [1.165, 1.54) is 19.3 Å². The Morgan fingerprint density at radius 2 is 2.08 bits per heavy atom. The molecule has 0 aliphatic carbocycles. The second kappa shape index (κ2) is 7.70. The summed E-state index contributed by atoms with van der Waals surface area (Å²) in [5.74, 6) is 0.937. The van der Waals surface area contributed by atoms with Gasteiger partial charge in [0.25, 0.3) is 5.91 Å². The number of nitrogens with zero attached hydrogens (tertiary/aromatic N) is 2. The fraction of sp³-hybridized carbons (Fsp3) is 0.647. The summed E-state index contributed by atoms with van der Waals surface area (Å²) in [4.78, 5) is 27.7. The van der Waals surface area contributed by atoms with Gasteiger partial charge in [-0.05, 0) is 45.0 Å². The highest BCUT2D eigenvalue weighted by atomic mass is 16.4. The molecule has 7 heteroatoms. The smallest absolute Gasteiger partial charge is 0.317 e. The molecule has 132 valence electrons. The van der Waals surface area contributed by atoms with Gasteiger partial charge in [0, 0.05) is 26.2 Å². The molecular formula is C17H26N4O3. The molecule has 1 atom stereocenters. The van der Waals surface area contributed by atoms with Gasteiger partial charge in [0.05, 0.1) is 6.04 Å². The highest BCUT2D eigenvalue weighted by molar-refractivity contribution is 5.91. The lowest BCUT2D eigenvalue weighted by Crippen LogP contribution is -2.36. The topological polar surface area (TPSA) is 77.8 Å². The monoisotopic (exact) mass is 334 g/mol. The number of furan rings is 1. The van der Waals surface area contributed by atoms with Crippen LogP contribution in [0.3, 0.4) is 0 Å². The summed E-state index contributed by atoms with van der Waals surface area (Å²) >= 11 is 0. The Morgan fingerprint density at radius 1 is 1.29 bits per heavy atom. The summed E-state index contributed by atoms with van der Waals surface area (Å²) in [7, 11) is 0. The average Bonchev–Trinajstić information content (AvgIpc) is 3.25. The number of rotatable bonds is 6. The summed E-state index contributed by atoms with van der Waals surface area (Å²) in [6.45, 7) is 6.58. The zero-order valence-corrected chi connectivity index (χ0v) is 14.2. The molecule has 0 saturated carbocycles.